The van der Waals surface area contributed by atoms with Crippen molar-refractivity contribution in [2.24, 2.45) is 17.6 Å². The second-order valence-electron chi connectivity index (χ2n) is 9.24. The molecule has 3 aliphatic rings. The lowest BCUT2D eigenvalue weighted by Crippen LogP contribution is -2.50. The lowest BCUT2D eigenvalue weighted by atomic mass is 9.74. The fourth-order valence-electron chi connectivity index (χ4n) is 5.52. The minimum absolute atomic E-state index is 0.0560. The van der Waals surface area contributed by atoms with Crippen molar-refractivity contribution in [2.45, 2.75) is 88.6 Å². The number of nitrogens with two attached hydrogens (primary N) is 1. The van der Waals surface area contributed by atoms with E-state index in [1.54, 1.807) is 7.05 Å². The number of guanidine groups is 1. The minimum Gasteiger partial charge on any atom is -0.369 e. The van der Waals surface area contributed by atoms with E-state index >= 15 is 0 Å². The summed E-state index contributed by atoms with van der Waals surface area (Å²) in [6, 6.07) is 0.287. The van der Waals surface area contributed by atoms with Gasteiger partial charge >= 0.3 is 0 Å². The molecule has 7 nitrogen and oxygen atoms in total. The van der Waals surface area contributed by atoms with E-state index in [1.807, 2.05) is 0 Å². The summed E-state index contributed by atoms with van der Waals surface area (Å²) in [7, 11) is 1.71. The SMILES string of the molecule is CN1C(=N)N[C@](CCC2CCCCC2)(CC2CCC[C@@H](NCC(N)=O)C2)C1=O. The average Bonchev–Trinajstić information content (AvgIpc) is 2.90. The Balaban J connectivity index is 1.64. The fourth-order valence-corrected chi connectivity index (χ4v) is 5.52. The quantitative estimate of drug-likeness (QED) is 0.508. The summed E-state index contributed by atoms with van der Waals surface area (Å²) < 4.78 is 0. The van der Waals surface area contributed by atoms with Crippen LogP contribution in [0.25, 0.3) is 0 Å². The van der Waals surface area contributed by atoms with Crippen molar-refractivity contribution < 1.29 is 9.59 Å². The number of amides is 2. The van der Waals surface area contributed by atoms with Gasteiger partial charge in [-0.1, -0.05) is 44.9 Å². The Hall–Kier alpha value is -1.63. The zero-order chi connectivity index (χ0) is 20.1. The summed E-state index contributed by atoms with van der Waals surface area (Å²) in [5, 5.41) is 14.7. The number of hydrogen-bond acceptors (Lipinski definition) is 4. The van der Waals surface area contributed by atoms with E-state index in [9.17, 15) is 9.59 Å². The second-order valence-corrected chi connectivity index (χ2v) is 9.24. The monoisotopic (exact) mass is 391 g/mol. The molecule has 28 heavy (non-hydrogen) atoms. The fraction of sp³-hybridized carbons (Fsp3) is 0.857. The molecule has 3 rings (SSSR count). The Labute approximate surface area is 168 Å². The molecule has 0 aromatic rings. The molecule has 1 saturated heterocycles. The van der Waals surface area contributed by atoms with Crippen LogP contribution in [-0.2, 0) is 9.59 Å². The predicted molar refractivity (Wildman–Crippen MR) is 110 cm³/mol. The summed E-state index contributed by atoms with van der Waals surface area (Å²) in [4.78, 5) is 25.7. The molecule has 1 aliphatic heterocycles. The maximum Gasteiger partial charge on any atom is 0.254 e. The Kier molecular flexibility index (Phi) is 6.96. The molecular weight excluding hydrogens is 354 g/mol. The minimum atomic E-state index is -0.625. The molecule has 2 aliphatic carbocycles. The summed E-state index contributed by atoms with van der Waals surface area (Å²) in [5.74, 6) is 1.10. The highest BCUT2D eigenvalue weighted by atomic mass is 16.2. The van der Waals surface area contributed by atoms with Crippen LogP contribution >= 0.6 is 0 Å². The van der Waals surface area contributed by atoms with Crippen LogP contribution in [0.4, 0.5) is 0 Å². The van der Waals surface area contributed by atoms with Gasteiger partial charge in [-0.25, -0.2) is 0 Å². The van der Waals surface area contributed by atoms with E-state index in [0.717, 1.165) is 50.9 Å². The average molecular weight is 392 g/mol. The normalized spacial score (nSPS) is 31.8. The van der Waals surface area contributed by atoms with E-state index in [1.165, 1.54) is 37.0 Å². The number of rotatable bonds is 8. The Morgan fingerprint density at radius 2 is 1.93 bits per heavy atom. The van der Waals surface area contributed by atoms with Crippen molar-refractivity contribution in [3.63, 3.8) is 0 Å². The number of nitrogens with one attached hydrogen (secondary N) is 3. The Morgan fingerprint density at radius 3 is 2.57 bits per heavy atom. The third kappa shape index (κ3) is 5.04. The van der Waals surface area contributed by atoms with E-state index < -0.39 is 5.54 Å². The lowest BCUT2D eigenvalue weighted by molar-refractivity contribution is -0.131. The number of primary amides is 1. The van der Waals surface area contributed by atoms with Crippen LogP contribution in [0.3, 0.4) is 0 Å². The van der Waals surface area contributed by atoms with Crippen molar-refractivity contribution in [1.29, 1.82) is 5.41 Å². The van der Waals surface area contributed by atoms with Gasteiger partial charge in [0.1, 0.15) is 5.54 Å². The molecule has 0 aromatic heterocycles. The molecule has 2 saturated carbocycles. The lowest BCUT2D eigenvalue weighted by Gasteiger charge is -2.36. The maximum absolute atomic E-state index is 13.1. The summed E-state index contributed by atoms with van der Waals surface area (Å²) >= 11 is 0. The van der Waals surface area contributed by atoms with Crippen LogP contribution < -0.4 is 16.4 Å². The predicted octanol–water partition coefficient (Wildman–Crippen LogP) is 2.11. The van der Waals surface area contributed by atoms with Gasteiger partial charge in [0.2, 0.25) is 5.91 Å². The van der Waals surface area contributed by atoms with Gasteiger partial charge in [0.05, 0.1) is 6.54 Å². The summed E-state index contributed by atoms with van der Waals surface area (Å²) in [6.07, 6.45) is 13.4. The number of carbonyl (C=O) groups excluding carboxylic acids is 2. The summed E-state index contributed by atoms with van der Waals surface area (Å²) in [6.45, 7) is 0.217. The van der Waals surface area contributed by atoms with E-state index in [2.05, 4.69) is 10.6 Å². The Morgan fingerprint density at radius 1 is 1.21 bits per heavy atom. The highest BCUT2D eigenvalue weighted by Gasteiger charge is 2.49. The molecule has 0 radical (unpaired) electrons. The zero-order valence-electron chi connectivity index (χ0n) is 17.3. The maximum atomic E-state index is 13.1. The van der Waals surface area contributed by atoms with Crippen LogP contribution in [0.5, 0.6) is 0 Å². The molecule has 1 unspecified atom stereocenters. The van der Waals surface area contributed by atoms with Gasteiger partial charge in [-0.2, -0.15) is 0 Å². The highest BCUT2D eigenvalue weighted by Crippen LogP contribution is 2.38. The molecule has 3 fully saturated rings. The Bertz CT molecular complexity index is 589. The highest BCUT2D eigenvalue weighted by molar-refractivity contribution is 6.07. The number of nitrogens with zero attached hydrogens (tertiary/aromatic N) is 1. The van der Waals surface area contributed by atoms with Gasteiger partial charge < -0.3 is 16.4 Å². The van der Waals surface area contributed by atoms with Crippen LogP contribution in [0.1, 0.15) is 77.0 Å². The van der Waals surface area contributed by atoms with E-state index in [-0.39, 0.29) is 30.4 Å². The van der Waals surface area contributed by atoms with Crippen LogP contribution in [-0.4, -0.2) is 47.8 Å². The molecule has 5 N–H and O–H groups in total. The van der Waals surface area contributed by atoms with Crippen LogP contribution in [0.15, 0.2) is 0 Å². The first-order valence-electron chi connectivity index (χ1n) is 11.1. The molecule has 0 bridgehead atoms. The van der Waals surface area contributed by atoms with Gasteiger partial charge in [0, 0.05) is 13.1 Å². The van der Waals surface area contributed by atoms with E-state index in [0.29, 0.717) is 5.92 Å². The molecule has 2 amide bonds. The second kappa shape index (κ2) is 9.25. The van der Waals surface area contributed by atoms with E-state index in [4.69, 9.17) is 11.1 Å². The summed E-state index contributed by atoms with van der Waals surface area (Å²) in [5.41, 5.74) is 4.65. The third-order valence-corrected chi connectivity index (χ3v) is 7.10. The van der Waals surface area contributed by atoms with Gasteiger partial charge in [-0.15, -0.1) is 0 Å². The first kappa shape index (κ1) is 21.1. The number of likely N-dealkylation sites (N-methyl/N-ethyl adjacent to an activating group) is 1. The van der Waals surface area contributed by atoms with Crippen molar-refractivity contribution in [3.05, 3.63) is 0 Å². The van der Waals surface area contributed by atoms with Crippen molar-refractivity contribution >= 4 is 17.8 Å². The topological polar surface area (TPSA) is 111 Å². The van der Waals surface area contributed by atoms with Gasteiger partial charge in [-0.05, 0) is 43.9 Å². The molecule has 1 heterocycles. The van der Waals surface area contributed by atoms with Crippen LogP contribution in [0, 0.1) is 17.2 Å². The molecule has 0 spiro atoms. The van der Waals surface area contributed by atoms with Gasteiger partial charge in [0.25, 0.3) is 5.91 Å². The van der Waals surface area contributed by atoms with Gasteiger partial charge in [-0.3, -0.25) is 19.9 Å². The molecular formula is C21H37N5O2. The van der Waals surface area contributed by atoms with Crippen LogP contribution in [0.2, 0.25) is 0 Å². The molecule has 3 atom stereocenters. The van der Waals surface area contributed by atoms with Crippen molar-refractivity contribution in [2.75, 3.05) is 13.6 Å². The van der Waals surface area contributed by atoms with Gasteiger partial charge in [0.15, 0.2) is 5.96 Å². The smallest absolute Gasteiger partial charge is 0.254 e. The van der Waals surface area contributed by atoms with Crippen molar-refractivity contribution in [1.82, 2.24) is 15.5 Å². The number of hydrogen-bond donors (Lipinski definition) is 4. The zero-order valence-corrected chi connectivity index (χ0v) is 17.3. The first-order chi connectivity index (χ1) is 13.4. The first-order valence-corrected chi connectivity index (χ1v) is 11.1. The standard InChI is InChI=1S/C21H37N5O2/c1-26-19(28)21(25-20(26)23,11-10-15-6-3-2-4-7-15)13-16-8-5-9-17(12-16)24-14-18(22)27/h15-17,24H,2-14H2,1H3,(H2,22,27)(H2,23,25)/t16?,17-,21-/m1/s1. The number of carbonyl (C=O) groups is 2. The molecule has 7 heteroatoms. The molecule has 0 aromatic carbocycles. The largest absolute Gasteiger partial charge is 0.369 e. The molecule has 158 valence electrons. The van der Waals surface area contributed by atoms with Crippen molar-refractivity contribution in [3.8, 4) is 0 Å². The third-order valence-electron chi connectivity index (χ3n) is 7.10.